The average molecular weight is 207 g/mol. The first-order valence-electron chi connectivity index (χ1n) is 4.44. The predicted molar refractivity (Wildman–Crippen MR) is 61.4 cm³/mol. The Labute approximate surface area is 87.4 Å². The molecule has 72 valence electrons. The first kappa shape index (κ1) is 9.31. The second-order valence-corrected chi connectivity index (χ2v) is 3.53. The van der Waals surface area contributed by atoms with E-state index in [4.69, 9.17) is 17.3 Å². The van der Waals surface area contributed by atoms with E-state index in [1.807, 2.05) is 36.4 Å². The van der Waals surface area contributed by atoms with Gasteiger partial charge in [0.05, 0.1) is 0 Å². The molecule has 0 radical (unpaired) electrons. The van der Waals surface area contributed by atoms with Crippen LogP contribution in [0.2, 0.25) is 5.02 Å². The molecule has 1 heterocycles. The first-order chi connectivity index (χ1) is 6.79. The van der Waals surface area contributed by atoms with Gasteiger partial charge in [0, 0.05) is 28.2 Å². The molecule has 0 amide bonds. The Kier molecular flexibility index (Phi) is 2.57. The topological polar surface area (TPSA) is 41.8 Å². The molecule has 2 aromatic rings. The number of fused-ring (bicyclic) bond motifs is 1. The van der Waals surface area contributed by atoms with Crippen LogP contribution in [0.15, 0.2) is 30.3 Å². The number of nitrogens with one attached hydrogen (secondary N) is 1. The van der Waals surface area contributed by atoms with Crippen LogP contribution in [-0.2, 0) is 0 Å². The molecule has 0 saturated carbocycles. The van der Waals surface area contributed by atoms with Gasteiger partial charge >= 0.3 is 0 Å². The van der Waals surface area contributed by atoms with E-state index in [0.29, 0.717) is 6.54 Å². The van der Waals surface area contributed by atoms with Gasteiger partial charge in [-0.2, -0.15) is 0 Å². The maximum absolute atomic E-state index is 5.88. The Morgan fingerprint density at radius 3 is 3.00 bits per heavy atom. The highest BCUT2D eigenvalue weighted by Crippen LogP contribution is 2.20. The fourth-order valence-electron chi connectivity index (χ4n) is 1.41. The summed E-state index contributed by atoms with van der Waals surface area (Å²) in [5, 5.41) is 1.88. The zero-order chi connectivity index (χ0) is 9.97. The highest BCUT2D eigenvalue weighted by atomic mass is 35.5. The van der Waals surface area contributed by atoms with Gasteiger partial charge in [-0.25, -0.2) is 0 Å². The van der Waals surface area contributed by atoms with Crippen molar-refractivity contribution in [1.82, 2.24) is 4.98 Å². The molecule has 0 unspecified atom stereocenters. The second-order valence-electron chi connectivity index (χ2n) is 3.09. The van der Waals surface area contributed by atoms with Gasteiger partial charge in [0.1, 0.15) is 0 Å². The minimum atomic E-state index is 0.552. The molecule has 0 spiro atoms. The summed E-state index contributed by atoms with van der Waals surface area (Å²) in [5.74, 6) is 0. The summed E-state index contributed by atoms with van der Waals surface area (Å²) in [6.45, 7) is 0.552. The van der Waals surface area contributed by atoms with Crippen molar-refractivity contribution in [2.24, 2.45) is 5.73 Å². The van der Waals surface area contributed by atoms with Crippen molar-refractivity contribution in [3.8, 4) is 0 Å². The fraction of sp³-hybridized carbons (Fsp3) is 0.0909. The number of halogens is 1. The molecule has 2 rings (SSSR count). The molecular weight excluding hydrogens is 196 g/mol. The Bertz CT molecular complexity index is 471. The summed E-state index contributed by atoms with van der Waals surface area (Å²) in [4.78, 5) is 3.26. The van der Waals surface area contributed by atoms with Crippen molar-refractivity contribution in [3.63, 3.8) is 0 Å². The molecule has 1 aromatic carbocycles. The highest BCUT2D eigenvalue weighted by molar-refractivity contribution is 6.31. The van der Waals surface area contributed by atoms with Crippen molar-refractivity contribution in [2.45, 2.75) is 0 Å². The SMILES string of the molecule is NC/C=C/c1cc2cc(Cl)ccc2[nH]1. The highest BCUT2D eigenvalue weighted by Gasteiger charge is 1.98. The predicted octanol–water partition coefficient (Wildman–Crippen LogP) is 2.79. The van der Waals surface area contributed by atoms with Crippen molar-refractivity contribution in [3.05, 3.63) is 41.1 Å². The second kappa shape index (κ2) is 3.86. The molecule has 3 heteroatoms. The number of hydrogen-bond donors (Lipinski definition) is 2. The summed E-state index contributed by atoms with van der Waals surface area (Å²) < 4.78 is 0. The number of aromatic amines is 1. The van der Waals surface area contributed by atoms with Gasteiger partial charge in [-0.15, -0.1) is 0 Å². The van der Waals surface area contributed by atoms with Crippen LogP contribution in [0.3, 0.4) is 0 Å². The van der Waals surface area contributed by atoms with Crippen molar-refractivity contribution in [2.75, 3.05) is 6.54 Å². The molecule has 0 saturated heterocycles. The molecule has 0 aliphatic heterocycles. The Morgan fingerprint density at radius 1 is 1.36 bits per heavy atom. The lowest BCUT2D eigenvalue weighted by Crippen LogP contribution is -1.91. The number of rotatable bonds is 2. The van der Waals surface area contributed by atoms with E-state index >= 15 is 0 Å². The summed E-state index contributed by atoms with van der Waals surface area (Å²) in [7, 11) is 0. The average Bonchev–Trinajstić information content (AvgIpc) is 2.56. The van der Waals surface area contributed by atoms with Crippen LogP contribution in [0.1, 0.15) is 5.69 Å². The summed E-state index contributed by atoms with van der Waals surface area (Å²) in [6.07, 6.45) is 3.88. The third-order valence-corrected chi connectivity index (χ3v) is 2.27. The number of H-pyrrole nitrogens is 1. The Morgan fingerprint density at radius 2 is 2.21 bits per heavy atom. The van der Waals surface area contributed by atoms with Crippen LogP contribution in [0.4, 0.5) is 0 Å². The standard InChI is InChI=1S/C11H11ClN2/c12-9-3-4-11-8(6-9)7-10(14-11)2-1-5-13/h1-4,6-7,14H,5,13H2/b2-1+. The van der Waals surface area contributed by atoms with Gasteiger partial charge in [-0.05, 0) is 30.3 Å². The largest absolute Gasteiger partial charge is 0.355 e. The molecule has 0 aliphatic rings. The van der Waals surface area contributed by atoms with Crippen LogP contribution in [0.25, 0.3) is 17.0 Å². The zero-order valence-electron chi connectivity index (χ0n) is 7.63. The van der Waals surface area contributed by atoms with Crippen LogP contribution in [0, 0.1) is 0 Å². The zero-order valence-corrected chi connectivity index (χ0v) is 8.38. The van der Waals surface area contributed by atoms with E-state index in [0.717, 1.165) is 21.6 Å². The Hall–Kier alpha value is -1.25. The molecule has 14 heavy (non-hydrogen) atoms. The van der Waals surface area contributed by atoms with Crippen LogP contribution >= 0.6 is 11.6 Å². The van der Waals surface area contributed by atoms with Gasteiger partial charge in [-0.3, -0.25) is 0 Å². The smallest absolute Gasteiger partial charge is 0.0459 e. The number of benzene rings is 1. The van der Waals surface area contributed by atoms with Crippen LogP contribution in [0.5, 0.6) is 0 Å². The number of aromatic nitrogens is 1. The lowest BCUT2D eigenvalue weighted by Gasteiger charge is -1.88. The van der Waals surface area contributed by atoms with Gasteiger partial charge < -0.3 is 10.7 Å². The van der Waals surface area contributed by atoms with Gasteiger partial charge in [0.15, 0.2) is 0 Å². The quantitative estimate of drug-likeness (QED) is 0.780. The molecule has 3 N–H and O–H groups in total. The molecule has 2 nitrogen and oxygen atoms in total. The maximum atomic E-state index is 5.88. The van der Waals surface area contributed by atoms with E-state index in [9.17, 15) is 0 Å². The van der Waals surface area contributed by atoms with E-state index < -0.39 is 0 Å². The summed E-state index contributed by atoms with van der Waals surface area (Å²) >= 11 is 5.88. The van der Waals surface area contributed by atoms with E-state index in [1.165, 1.54) is 0 Å². The monoisotopic (exact) mass is 206 g/mol. The summed E-state index contributed by atoms with van der Waals surface area (Å²) in [6, 6.07) is 7.83. The van der Waals surface area contributed by atoms with E-state index in [-0.39, 0.29) is 0 Å². The van der Waals surface area contributed by atoms with Crippen LogP contribution in [-0.4, -0.2) is 11.5 Å². The number of hydrogen-bond acceptors (Lipinski definition) is 1. The molecule has 0 atom stereocenters. The van der Waals surface area contributed by atoms with Crippen molar-refractivity contribution < 1.29 is 0 Å². The van der Waals surface area contributed by atoms with Gasteiger partial charge in [0.2, 0.25) is 0 Å². The maximum Gasteiger partial charge on any atom is 0.0459 e. The third-order valence-electron chi connectivity index (χ3n) is 2.04. The summed E-state index contributed by atoms with van der Waals surface area (Å²) in [5.41, 5.74) is 7.51. The minimum Gasteiger partial charge on any atom is -0.355 e. The Balaban J connectivity index is 2.46. The van der Waals surface area contributed by atoms with Crippen molar-refractivity contribution >= 4 is 28.6 Å². The third kappa shape index (κ3) is 1.81. The minimum absolute atomic E-state index is 0.552. The first-order valence-corrected chi connectivity index (χ1v) is 4.82. The van der Waals surface area contributed by atoms with E-state index in [2.05, 4.69) is 4.98 Å². The lowest BCUT2D eigenvalue weighted by molar-refractivity contribution is 1.26. The van der Waals surface area contributed by atoms with E-state index in [1.54, 1.807) is 0 Å². The molecule has 0 bridgehead atoms. The molecule has 0 aliphatic carbocycles. The van der Waals surface area contributed by atoms with Gasteiger partial charge in [0.25, 0.3) is 0 Å². The van der Waals surface area contributed by atoms with Crippen LogP contribution < -0.4 is 5.73 Å². The normalized spacial score (nSPS) is 11.6. The molecule has 1 aromatic heterocycles. The van der Waals surface area contributed by atoms with Gasteiger partial charge in [-0.1, -0.05) is 17.7 Å². The lowest BCUT2D eigenvalue weighted by atomic mass is 10.2. The molecule has 0 fully saturated rings. The fourth-order valence-corrected chi connectivity index (χ4v) is 1.59. The molecular formula is C11H11ClN2. The van der Waals surface area contributed by atoms with Crippen molar-refractivity contribution in [1.29, 1.82) is 0 Å². The number of nitrogens with two attached hydrogens (primary N) is 1.